The van der Waals surface area contributed by atoms with Crippen molar-refractivity contribution in [1.82, 2.24) is 9.80 Å². The molecular formula is C16H31N3O2. The number of rotatable bonds is 5. The van der Waals surface area contributed by atoms with Crippen LogP contribution in [-0.4, -0.2) is 67.2 Å². The molecule has 2 N–H and O–H groups in total. The molecule has 0 atom stereocenters. The zero-order chi connectivity index (χ0) is 15.3. The van der Waals surface area contributed by atoms with Gasteiger partial charge < -0.3 is 15.4 Å². The number of nitrogens with zero attached hydrogens (tertiary/aromatic N) is 2. The van der Waals surface area contributed by atoms with Crippen LogP contribution in [0.3, 0.4) is 0 Å². The van der Waals surface area contributed by atoms with E-state index < -0.39 is 0 Å². The predicted octanol–water partition coefficient (Wildman–Crippen LogP) is 1.07. The third-order valence-corrected chi connectivity index (χ3v) is 5.33. The molecule has 21 heavy (non-hydrogen) atoms. The van der Waals surface area contributed by atoms with Crippen molar-refractivity contribution in [1.29, 1.82) is 0 Å². The quantitative estimate of drug-likeness (QED) is 0.825. The number of amides is 1. The summed E-state index contributed by atoms with van der Waals surface area (Å²) < 4.78 is 5.32. The summed E-state index contributed by atoms with van der Waals surface area (Å²) >= 11 is 0. The van der Waals surface area contributed by atoms with Gasteiger partial charge in [0.25, 0.3) is 0 Å². The molecule has 0 radical (unpaired) electrons. The maximum Gasteiger partial charge on any atom is 0.236 e. The van der Waals surface area contributed by atoms with E-state index >= 15 is 0 Å². The lowest BCUT2D eigenvalue weighted by molar-refractivity contribution is -0.138. The Balaban J connectivity index is 1.98. The lowest BCUT2D eigenvalue weighted by atomic mass is 9.76. The van der Waals surface area contributed by atoms with E-state index in [-0.39, 0.29) is 11.4 Å². The van der Waals surface area contributed by atoms with Gasteiger partial charge in [0.2, 0.25) is 5.91 Å². The summed E-state index contributed by atoms with van der Waals surface area (Å²) in [5.74, 6) is 1.02. The van der Waals surface area contributed by atoms with Crippen molar-refractivity contribution < 1.29 is 9.53 Å². The van der Waals surface area contributed by atoms with Gasteiger partial charge in [0.1, 0.15) is 0 Å². The molecule has 1 aliphatic carbocycles. The first-order valence-corrected chi connectivity index (χ1v) is 8.42. The van der Waals surface area contributed by atoms with Crippen molar-refractivity contribution in [3.8, 4) is 0 Å². The Bertz CT molecular complexity index is 334. The first-order chi connectivity index (χ1) is 10.1. The number of hydrogen-bond donors (Lipinski definition) is 1. The van der Waals surface area contributed by atoms with Gasteiger partial charge in [-0.2, -0.15) is 0 Å². The topological polar surface area (TPSA) is 58.8 Å². The fraction of sp³-hybridized carbons (Fsp3) is 0.938. The second kappa shape index (κ2) is 7.56. The van der Waals surface area contributed by atoms with Gasteiger partial charge in [0.15, 0.2) is 0 Å². The van der Waals surface area contributed by atoms with Crippen LogP contribution >= 0.6 is 0 Å². The molecule has 1 amide bonds. The Labute approximate surface area is 128 Å². The van der Waals surface area contributed by atoms with Crippen LogP contribution in [0.15, 0.2) is 0 Å². The molecule has 5 heteroatoms. The van der Waals surface area contributed by atoms with E-state index in [9.17, 15) is 4.79 Å². The van der Waals surface area contributed by atoms with Gasteiger partial charge in [-0.1, -0.05) is 13.8 Å². The van der Waals surface area contributed by atoms with Crippen LogP contribution in [0.4, 0.5) is 0 Å². The van der Waals surface area contributed by atoms with Gasteiger partial charge >= 0.3 is 0 Å². The molecule has 5 nitrogen and oxygen atoms in total. The minimum atomic E-state index is 0.0310. The maximum absolute atomic E-state index is 12.5. The molecule has 0 aromatic carbocycles. The molecule has 0 bridgehead atoms. The molecule has 1 aliphatic heterocycles. The van der Waals surface area contributed by atoms with Crippen LogP contribution in [-0.2, 0) is 9.53 Å². The molecular weight excluding hydrogens is 266 g/mol. The van der Waals surface area contributed by atoms with E-state index in [0.717, 1.165) is 38.4 Å². The highest BCUT2D eigenvalue weighted by atomic mass is 16.5. The largest absolute Gasteiger partial charge is 0.378 e. The third kappa shape index (κ3) is 3.96. The fourth-order valence-electron chi connectivity index (χ4n) is 3.64. The Kier molecular flexibility index (Phi) is 6.02. The smallest absolute Gasteiger partial charge is 0.236 e. The summed E-state index contributed by atoms with van der Waals surface area (Å²) in [4.78, 5) is 16.8. The minimum absolute atomic E-state index is 0.0310. The van der Waals surface area contributed by atoms with Crippen molar-refractivity contribution in [3.05, 3.63) is 0 Å². The zero-order valence-corrected chi connectivity index (χ0v) is 13.6. The number of nitrogens with two attached hydrogens (primary N) is 1. The fourth-order valence-corrected chi connectivity index (χ4v) is 3.64. The zero-order valence-electron chi connectivity index (χ0n) is 13.6. The SMILES string of the molecule is CCN(CC(=O)N1CCOCC1)C1(CN)CCC(C)CC1. The second-order valence-corrected chi connectivity index (χ2v) is 6.62. The lowest BCUT2D eigenvalue weighted by Gasteiger charge is -2.47. The number of carbonyl (C=O) groups is 1. The molecule has 2 rings (SSSR count). The minimum Gasteiger partial charge on any atom is -0.378 e. The molecule has 2 fully saturated rings. The summed E-state index contributed by atoms with van der Waals surface area (Å²) in [6.45, 7) is 9.28. The van der Waals surface area contributed by atoms with E-state index in [1.807, 2.05) is 4.90 Å². The van der Waals surface area contributed by atoms with Gasteiger partial charge in [0, 0.05) is 25.2 Å². The standard InChI is InChI=1S/C16H31N3O2/c1-3-19(12-15(20)18-8-10-21-11-9-18)16(13-17)6-4-14(2)5-7-16/h14H,3-13,17H2,1-2H3. The Hall–Kier alpha value is -0.650. The monoisotopic (exact) mass is 297 g/mol. The van der Waals surface area contributed by atoms with Crippen molar-refractivity contribution in [2.45, 2.75) is 45.1 Å². The number of likely N-dealkylation sites (N-methyl/N-ethyl adjacent to an activating group) is 1. The molecule has 0 aromatic heterocycles. The van der Waals surface area contributed by atoms with Crippen LogP contribution < -0.4 is 5.73 Å². The summed E-state index contributed by atoms with van der Waals surface area (Å²) in [7, 11) is 0. The van der Waals surface area contributed by atoms with Crippen LogP contribution in [0, 0.1) is 5.92 Å². The molecule has 122 valence electrons. The normalized spacial score (nSPS) is 30.7. The number of carbonyl (C=O) groups excluding carboxylic acids is 1. The first-order valence-electron chi connectivity index (χ1n) is 8.42. The molecule has 0 spiro atoms. The van der Waals surface area contributed by atoms with Crippen LogP contribution in [0.25, 0.3) is 0 Å². The van der Waals surface area contributed by atoms with E-state index in [0.29, 0.717) is 26.3 Å². The molecule has 0 aromatic rings. The number of morpholine rings is 1. The highest BCUT2D eigenvalue weighted by molar-refractivity contribution is 5.78. The van der Waals surface area contributed by atoms with E-state index in [2.05, 4.69) is 18.7 Å². The van der Waals surface area contributed by atoms with Gasteiger partial charge in [-0.15, -0.1) is 0 Å². The van der Waals surface area contributed by atoms with Crippen molar-refractivity contribution in [2.75, 3.05) is 45.9 Å². The summed E-state index contributed by atoms with van der Waals surface area (Å²) in [6.07, 6.45) is 4.68. The third-order valence-electron chi connectivity index (χ3n) is 5.33. The predicted molar refractivity (Wildman–Crippen MR) is 84.1 cm³/mol. The van der Waals surface area contributed by atoms with Gasteiger partial charge in [-0.05, 0) is 38.1 Å². The van der Waals surface area contributed by atoms with Crippen molar-refractivity contribution in [3.63, 3.8) is 0 Å². The summed E-state index contributed by atoms with van der Waals surface area (Å²) in [6, 6.07) is 0. The van der Waals surface area contributed by atoms with Gasteiger partial charge in [-0.25, -0.2) is 0 Å². The lowest BCUT2D eigenvalue weighted by Crippen LogP contribution is -2.58. The molecule has 1 saturated carbocycles. The van der Waals surface area contributed by atoms with Gasteiger partial charge in [-0.3, -0.25) is 9.69 Å². The summed E-state index contributed by atoms with van der Waals surface area (Å²) in [5, 5.41) is 0. The highest BCUT2D eigenvalue weighted by Crippen LogP contribution is 2.35. The molecule has 0 unspecified atom stereocenters. The van der Waals surface area contributed by atoms with Crippen molar-refractivity contribution >= 4 is 5.91 Å². The van der Waals surface area contributed by atoms with Crippen molar-refractivity contribution in [2.24, 2.45) is 11.7 Å². The number of hydrogen-bond acceptors (Lipinski definition) is 4. The molecule has 1 saturated heterocycles. The Morgan fingerprint density at radius 2 is 1.95 bits per heavy atom. The van der Waals surface area contributed by atoms with Gasteiger partial charge in [0.05, 0.1) is 19.8 Å². The second-order valence-electron chi connectivity index (χ2n) is 6.62. The highest BCUT2D eigenvalue weighted by Gasteiger charge is 2.39. The summed E-state index contributed by atoms with van der Waals surface area (Å²) in [5.41, 5.74) is 6.16. The van der Waals surface area contributed by atoms with Crippen LogP contribution in [0.5, 0.6) is 0 Å². The average molecular weight is 297 g/mol. The van der Waals surface area contributed by atoms with E-state index in [1.54, 1.807) is 0 Å². The molecule has 2 aliphatic rings. The van der Waals surface area contributed by atoms with Crippen LogP contribution in [0.1, 0.15) is 39.5 Å². The maximum atomic E-state index is 12.5. The average Bonchev–Trinajstić information content (AvgIpc) is 2.54. The Morgan fingerprint density at radius 1 is 1.33 bits per heavy atom. The van der Waals surface area contributed by atoms with E-state index in [1.165, 1.54) is 12.8 Å². The first kappa shape index (κ1) is 16.7. The molecule has 1 heterocycles. The van der Waals surface area contributed by atoms with E-state index in [4.69, 9.17) is 10.5 Å². The van der Waals surface area contributed by atoms with Crippen LogP contribution in [0.2, 0.25) is 0 Å². The number of ether oxygens (including phenoxy) is 1. The Morgan fingerprint density at radius 3 is 2.48 bits per heavy atom.